The lowest BCUT2D eigenvalue weighted by Gasteiger charge is -2.29. The van der Waals surface area contributed by atoms with Crippen LogP contribution in [0, 0.1) is 0 Å². The van der Waals surface area contributed by atoms with Crippen LogP contribution in [0.5, 0.6) is 0 Å². The van der Waals surface area contributed by atoms with E-state index in [-0.39, 0.29) is 0 Å². The van der Waals surface area contributed by atoms with Crippen molar-refractivity contribution in [2.75, 3.05) is 31.1 Å². The second-order valence-electron chi connectivity index (χ2n) is 4.44. The van der Waals surface area contributed by atoms with Crippen LogP contribution in [-0.4, -0.2) is 35.7 Å². The third kappa shape index (κ3) is 1.89. The van der Waals surface area contributed by atoms with Crippen LogP contribution < -0.4 is 10.2 Å². The van der Waals surface area contributed by atoms with Crippen molar-refractivity contribution in [2.24, 2.45) is 0 Å². The van der Waals surface area contributed by atoms with Crippen molar-refractivity contribution in [1.82, 2.24) is 14.9 Å². The summed E-state index contributed by atoms with van der Waals surface area (Å²) in [4.78, 5) is 6.88. The van der Waals surface area contributed by atoms with Crippen molar-refractivity contribution < 1.29 is 0 Å². The fourth-order valence-corrected chi connectivity index (χ4v) is 2.42. The molecule has 1 aliphatic rings. The van der Waals surface area contributed by atoms with Crippen molar-refractivity contribution in [3.63, 3.8) is 0 Å². The Balaban J connectivity index is 1.95. The number of imidazole rings is 1. The molecule has 2 aromatic rings. The monoisotopic (exact) mass is 230 g/mol. The molecule has 0 unspecified atom stereocenters. The largest absolute Gasteiger partial charge is 0.369 e. The normalized spacial score (nSPS) is 16.6. The molecule has 3 rings (SSSR count). The summed E-state index contributed by atoms with van der Waals surface area (Å²) in [5.74, 6) is 0. The molecule has 0 spiro atoms. The Labute approximate surface area is 101 Å². The van der Waals surface area contributed by atoms with E-state index in [9.17, 15) is 0 Å². The molecule has 2 heterocycles. The molecule has 4 nitrogen and oxygen atoms in total. The van der Waals surface area contributed by atoms with Crippen LogP contribution in [0.4, 0.5) is 5.69 Å². The molecule has 1 aliphatic heterocycles. The quantitative estimate of drug-likeness (QED) is 0.848. The molecule has 0 bridgehead atoms. The number of nitrogens with one attached hydrogen (secondary N) is 1. The first-order valence-electron chi connectivity index (χ1n) is 6.29. The first-order chi connectivity index (χ1) is 8.38. The lowest BCUT2D eigenvalue weighted by atomic mass is 10.2. The van der Waals surface area contributed by atoms with Gasteiger partial charge in [0.2, 0.25) is 0 Å². The number of benzene rings is 1. The van der Waals surface area contributed by atoms with Gasteiger partial charge in [-0.3, -0.25) is 0 Å². The van der Waals surface area contributed by atoms with Crippen LogP contribution in [0.15, 0.2) is 24.5 Å². The van der Waals surface area contributed by atoms with Gasteiger partial charge >= 0.3 is 0 Å². The van der Waals surface area contributed by atoms with Crippen molar-refractivity contribution in [3.05, 3.63) is 24.5 Å². The first kappa shape index (κ1) is 10.6. The highest BCUT2D eigenvalue weighted by atomic mass is 15.2. The number of hydrogen-bond donors (Lipinski definition) is 1. The molecule has 1 N–H and O–H groups in total. The molecule has 0 aliphatic carbocycles. The predicted molar refractivity (Wildman–Crippen MR) is 70.5 cm³/mol. The topological polar surface area (TPSA) is 33.1 Å². The van der Waals surface area contributed by atoms with E-state index in [0.717, 1.165) is 38.2 Å². The number of fused-ring (bicyclic) bond motifs is 1. The Morgan fingerprint density at radius 3 is 2.88 bits per heavy atom. The zero-order valence-corrected chi connectivity index (χ0v) is 10.2. The van der Waals surface area contributed by atoms with Gasteiger partial charge in [-0.25, -0.2) is 4.98 Å². The maximum Gasteiger partial charge on any atom is 0.0958 e. The van der Waals surface area contributed by atoms with E-state index in [1.807, 2.05) is 6.33 Å². The first-order valence-corrected chi connectivity index (χ1v) is 6.29. The van der Waals surface area contributed by atoms with E-state index in [0.29, 0.717) is 0 Å². The van der Waals surface area contributed by atoms with E-state index in [1.165, 1.54) is 11.2 Å². The third-order valence-corrected chi connectivity index (χ3v) is 3.43. The molecule has 0 atom stereocenters. The summed E-state index contributed by atoms with van der Waals surface area (Å²) in [6, 6.07) is 6.59. The molecular formula is C13H18N4. The van der Waals surface area contributed by atoms with Crippen LogP contribution in [-0.2, 0) is 6.54 Å². The zero-order chi connectivity index (χ0) is 11.7. The Hall–Kier alpha value is -1.55. The van der Waals surface area contributed by atoms with E-state index in [4.69, 9.17) is 0 Å². The summed E-state index contributed by atoms with van der Waals surface area (Å²) < 4.78 is 2.18. The smallest absolute Gasteiger partial charge is 0.0958 e. The molecule has 1 aromatic heterocycles. The minimum atomic E-state index is 0.976. The van der Waals surface area contributed by atoms with Gasteiger partial charge in [-0.15, -0.1) is 0 Å². The van der Waals surface area contributed by atoms with Crippen molar-refractivity contribution >= 4 is 16.7 Å². The van der Waals surface area contributed by atoms with Crippen molar-refractivity contribution in [2.45, 2.75) is 13.5 Å². The number of piperazine rings is 1. The lowest BCUT2D eigenvalue weighted by Crippen LogP contribution is -2.43. The molecule has 0 radical (unpaired) electrons. The SMILES string of the molecule is CCn1cnc2cc(N3CCNCC3)ccc21. The maximum absolute atomic E-state index is 4.47. The molecule has 1 saturated heterocycles. The van der Waals surface area contributed by atoms with Gasteiger partial charge in [-0.2, -0.15) is 0 Å². The predicted octanol–water partition coefficient (Wildman–Crippen LogP) is 1.47. The van der Waals surface area contributed by atoms with Crippen LogP contribution in [0.2, 0.25) is 0 Å². The number of nitrogens with zero attached hydrogens (tertiary/aromatic N) is 3. The van der Waals surface area contributed by atoms with Crippen LogP contribution in [0.3, 0.4) is 0 Å². The Kier molecular flexibility index (Phi) is 2.73. The van der Waals surface area contributed by atoms with E-state index >= 15 is 0 Å². The average Bonchev–Trinajstić information content (AvgIpc) is 2.81. The Morgan fingerprint density at radius 1 is 1.29 bits per heavy atom. The molecule has 4 heteroatoms. The van der Waals surface area contributed by atoms with Gasteiger partial charge in [-0.1, -0.05) is 0 Å². The van der Waals surface area contributed by atoms with Crippen LogP contribution in [0.1, 0.15) is 6.92 Å². The fraction of sp³-hybridized carbons (Fsp3) is 0.462. The van der Waals surface area contributed by atoms with Gasteiger partial charge in [0.1, 0.15) is 0 Å². The fourth-order valence-electron chi connectivity index (χ4n) is 2.42. The molecule has 0 amide bonds. The lowest BCUT2D eigenvalue weighted by molar-refractivity contribution is 0.589. The summed E-state index contributed by atoms with van der Waals surface area (Å²) in [5, 5.41) is 3.37. The number of hydrogen-bond acceptors (Lipinski definition) is 3. The summed E-state index contributed by atoms with van der Waals surface area (Å²) in [6.07, 6.45) is 1.92. The van der Waals surface area contributed by atoms with Gasteiger partial charge in [0.05, 0.1) is 17.4 Å². The summed E-state index contributed by atoms with van der Waals surface area (Å²) in [5.41, 5.74) is 3.62. The van der Waals surface area contributed by atoms with Crippen LogP contribution in [0.25, 0.3) is 11.0 Å². The van der Waals surface area contributed by atoms with E-state index < -0.39 is 0 Å². The number of aromatic nitrogens is 2. The molecule has 17 heavy (non-hydrogen) atoms. The molecule has 90 valence electrons. The minimum Gasteiger partial charge on any atom is -0.369 e. The maximum atomic E-state index is 4.47. The summed E-state index contributed by atoms with van der Waals surface area (Å²) >= 11 is 0. The molecule has 0 saturated carbocycles. The third-order valence-electron chi connectivity index (χ3n) is 3.43. The van der Waals surface area contributed by atoms with Gasteiger partial charge < -0.3 is 14.8 Å². The zero-order valence-electron chi connectivity index (χ0n) is 10.2. The van der Waals surface area contributed by atoms with Crippen LogP contribution >= 0.6 is 0 Å². The Bertz CT molecular complexity index is 511. The van der Waals surface area contributed by atoms with Crippen molar-refractivity contribution in [1.29, 1.82) is 0 Å². The molecule has 1 fully saturated rings. The van der Waals surface area contributed by atoms with Crippen molar-refractivity contribution in [3.8, 4) is 0 Å². The highest BCUT2D eigenvalue weighted by molar-refractivity contribution is 5.79. The Morgan fingerprint density at radius 2 is 2.12 bits per heavy atom. The van der Waals surface area contributed by atoms with E-state index in [2.05, 4.69) is 44.9 Å². The number of aryl methyl sites for hydroxylation is 1. The van der Waals surface area contributed by atoms with Gasteiger partial charge in [0.15, 0.2) is 0 Å². The highest BCUT2D eigenvalue weighted by Crippen LogP contribution is 2.21. The summed E-state index contributed by atoms with van der Waals surface area (Å²) in [7, 11) is 0. The second-order valence-corrected chi connectivity index (χ2v) is 4.44. The molecule has 1 aromatic carbocycles. The second kappa shape index (κ2) is 4.37. The van der Waals surface area contributed by atoms with Gasteiger partial charge in [-0.05, 0) is 25.1 Å². The minimum absolute atomic E-state index is 0.976. The van der Waals surface area contributed by atoms with Gasteiger partial charge in [0, 0.05) is 38.4 Å². The highest BCUT2D eigenvalue weighted by Gasteiger charge is 2.11. The number of rotatable bonds is 2. The number of anilines is 1. The summed E-state index contributed by atoms with van der Waals surface area (Å²) in [6.45, 7) is 7.43. The molecular weight excluding hydrogens is 212 g/mol. The van der Waals surface area contributed by atoms with Gasteiger partial charge in [0.25, 0.3) is 0 Å². The van der Waals surface area contributed by atoms with E-state index in [1.54, 1.807) is 0 Å². The average molecular weight is 230 g/mol. The standard InChI is InChI=1S/C13H18N4/c1-2-16-10-15-12-9-11(3-4-13(12)16)17-7-5-14-6-8-17/h3-4,9-10,14H,2,5-8H2,1H3.